The zero-order valence-corrected chi connectivity index (χ0v) is 9.09. The number of hydrogen-bond donors (Lipinski definition) is 2. The first-order valence-corrected chi connectivity index (χ1v) is 5.74. The molecule has 86 valence electrons. The van der Waals surface area contributed by atoms with Gasteiger partial charge in [0.1, 0.15) is 0 Å². The van der Waals surface area contributed by atoms with Gasteiger partial charge in [-0.25, -0.2) is 0 Å². The van der Waals surface area contributed by atoms with E-state index in [1.807, 2.05) is 0 Å². The molecule has 2 aliphatic rings. The molecule has 0 spiro atoms. The number of aliphatic hydroxyl groups excluding tert-OH is 2. The lowest BCUT2D eigenvalue weighted by Gasteiger charge is -2.22. The van der Waals surface area contributed by atoms with Crippen LogP contribution in [0.3, 0.4) is 0 Å². The number of aliphatic hydroxyl groups is 2. The lowest BCUT2D eigenvalue weighted by molar-refractivity contribution is -0.136. The fourth-order valence-corrected chi connectivity index (χ4v) is 2.70. The maximum Gasteiger partial charge on any atom is 0.226 e. The summed E-state index contributed by atoms with van der Waals surface area (Å²) in [6.45, 7) is 2.70. The maximum absolute atomic E-state index is 12.1. The Morgan fingerprint density at radius 1 is 1.20 bits per heavy atom. The van der Waals surface area contributed by atoms with Crippen molar-refractivity contribution in [3.8, 4) is 0 Å². The van der Waals surface area contributed by atoms with Gasteiger partial charge in [0.15, 0.2) is 0 Å². The van der Waals surface area contributed by atoms with Crippen molar-refractivity contribution in [2.24, 2.45) is 11.8 Å². The molecule has 2 N–H and O–H groups in total. The standard InChI is InChI=1S/C11H19NO3/c1-7-3-2-4-8(7)11(15)12-5-9(13)10(14)6-12/h7-10,13-14H,2-6H2,1H3. The molecule has 2 fully saturated rings. The topological polar surface area (TPSA) is 60.8 Å². The number of nitrogens with zero attached hydrogens (tertiary/aromatic N) is 1. The molecular weight excluding hydrogens is 194 g/mol. The van der Waals surface area contributed by atoms with Crippen molar-refractivity contribution >= 4 is 5.91 Å². The smallest absolute Gasteiger partial charge is 0.226 e. The Morgan fingerprint density at radius 2 is 1.80 bits per heavy atom. The molecule has 4 heteroatoms. The van der Waals surface area contributed by atoms with Crippen LogP contribution in [-0.2, 0) is 4.79 Å². The van der Waals surface area contributed by atoms with Gasteiger partial charge in [-0.3, -0.25) is 4.79 Å². The highest BCUT2D eigenvalue weighted by molar-refractivity contribution is 5.79. The second kappa shape index (κ2) is 4.10. The number of likely N-dealkylation sites (tertiary alicyclic amines) is 1. The van der Waals surface area contributed by atoms with Crippen molar-refractivity contribution < 1.29 is 15.0 Å². The molecule has 0 aromatic carbocycles. The van der Waals surface area contributed by atoms with E-state index in [1.54, 1.807) is 4.90 Å². The summed E-state index contributed by atoms with van der Waals surface area (Å²) in [5.74, 6) is 0.686. The Labute approximate surface area is 89.9 Å². The first kappa shape index (κ1) is 10.9. The van der Waals surface area contributed by atoms with Crippen LogP contribution >= 0.6 is 0 Å². The summed E-state index contributed by atoms with van der Waals surface area (Å²) in [5, 5.41) is 18.8. The zero-order valence-electron chi connectivity index (χ0n) is 9.09. The van der Waals surface area contributed by atoms with Crippen LogP contribution in [0.15, 0.2) is 0 Å². The lowest BCUT2D eigenvalue weighted by atomic mass is 9.97. The molecule has 0 aromatic rings. The number of carbonyl (C=O) groups is 1. The van der Waals surface area contributed by atoms with Crippen molar-refractivity contribution in [3.63, 3.8) is 0 Å². The number of carbonyl (C=O) groups excluding carboxylic acids is 1. The van der Waals surface area contributed by atoms with Crippen molar-refractivity contribution in [1.82, 2.24) is 4.90 Å². The maximum atomic E-state index is 12.1. The van der Waals surface area contributed by atoms with E-state index >= 15 is 0 Å². The van der Waals surface area contributed by atoms with Crippen LogP contribution in [0.1, 0.15) is 26.2 Å². The Balaban J connectivity index is 1.97. The van der Waals surface area contributed by atoms with Crippen LogP contribution in [0.2, 0.25) is 0 Å². The molecule has 1 amide bonds. The Kier molecular flexibility index (Phi) is 2.98. The monoisotopic (exact) mass is 213 g/mol. The zero-order chi connectivity index (χ0) is 11.0. The third kappa shape index (κ3) is 2.01. The van der Waals surface area contributed by atoms with E-state index in [0.29, 0.717) is 19.0 Å². The van der Waals surface area contributed by atoms with Crippen LogP contribution in [0.4, 0.5) is 0 Å². The van der Waals surface area contributed by atoms with Gasteiger partial charge in [-0.15, -0.1) is 0 Å². The van der Waals surface area contributed by atoms with E-state index in [1.165, 1.54) is 0 Å². The molecular formula is C11H19NO3. The molecule has 1 saturated heterocycles. The molecule has 1 aliphatic carbocycles. The number of hydrogen-bond acceptors (Lipinski definition) is 3. The van der Waals surface area contributed by atoms with Crippen molar-refractivity contribution in [1.29, 1.82) is 0 Å². The van der Waals surface area contributed by atoms with Gasteiger partial charge < -0.3 is 15.1 Å². The number of β-amino-alcohol motifs (C(OH)–C–C–N with tert-alkyl or cyclic N) is 2. The fourth-order valence-electron chi connectivity index (χ4n) is 2.70. The summed E-state index contributed by atoms with van der Waals surface area (Å²) >= 11 is 0. The molecule has 1 saturated carbocycles. The molecule has 15 heavy (non-hydrogen) atoms. The predicted octanol–water partition coefficient (Wildman–Crippen LogP) is -0.0134. The van der Waals surface area contributed by atoms with Crippen LogP contribution in [-0.4, -0.2) is 46.3 Å². The predicted molar refractivity (Wildman–Crippen MR) is 55.1 cm³/mol. The Bertz CT molecular complexity index is 246. The average Bonchev–Trinajstić information content (AvgIpc) is 2.74. The summed E-state index contributed by atoms with van der Waals surface area (Å²) in [6.07, 6.45) is 1.69. The van der Waals surface area contributed by atoms with Crippen molar-refractivity contribution in [2.75, 3.05) is 13.1 Å². The van der Waals surface area contributed by atoms with Gasteiger partial charge in [0.25, 0.3) is 0 Å². The molecule has 1 heterocycles. The quantitative estimate of drug-likeness (QED) is 0.644. The summed E-state index contributed by atoms with van der Waals surface area (Å²) in [7, 11) is 0. The van der Waals surface area contributed by atoms with Crippen LogP contribution in [0.25, 0.3) is 0 Å². The number of amides is 1. The largest absolute Gasteiger partial charge is 0.388 e. The summed E-state index contributed by atoms with van der Waals surface area (Å²) in [5.41, 5.74) is 0. The Morgan fingerprint density at radius 3 is 2.27 bits per heavy atom. The normalized spacial score (nSPS) is 41.1. The van der Waals surface area contributed by atoms with Gasteiger partial charge in [-0.05, 0) is 18.8 Å². The number of rotatable bonds is 1. The third-order valence-corrected chi connectivity index (χ3v) is 3.75. The van der Waals surface area contributed by atoms with E-state index < -0.39 is 12.2 Å². The molecule has 4 unspecified atom stereocenters. The SMILES string of the molecule is CC1CCCC1C(=O)N1CC(O)C(O)C1. The molecule has 2 rings (SSSR count). The van der Waals surface area contributed by atoms with Gasteiger partial charge in [-0.1, -0.05) is 13.3 Å². The lowest BCUT2D eigenvalue weighted by Crippen LogP contribution is -2.36. The molecule has 1 aliphatic heterocycles. The van der Waals surface area contributed by atoms with E-state index in [0.717, 1.165) is 19.3 Å². The van der Waals surface area contributed by atoms with Gasteiger partial charge in [0, 0.05) is 19.0 Å². The summed E-state index contributed by atoms with van der Waals surface area (Å²) < 4.78 is 0. The van der Waals surface area contributed by atoms with E-state index in [9.17, 15) is 15.0 Å². The Hall–Kier alpha value is -0.610. The minimum atomic E-state index is -0.759. The highest BCUT2D eigenvalue weighted by Crippen LogP contribution is 2.33. The molecule has 0 radical (unpaired) electrons. The average molecular weight is 213 g/mol. The second-order valence-electron chi connectivity index (χ2n) is 4.89. The van der Waals surface area contributed by atoms with Crippen LogP contribution in [0.5, 0.6) is 0 Å². The molecule has 4 nitrogen and oxygen atoms in total. The van der Waals surface area contributed by atoms with E-state index in [2.05, 4.69) is 6.92 Å². The van der Waals surface area contributed by atoms with Crippen LogP contribution < -0.4 is 0 Å². The summed E-state index contributed by atoms with van der Waals surface area (Å²) in [4.78, 5) is 13.7. The van der Waals surface area contributed by atoms with Gasteiger partial charge in [0.2, 0.25) is 5.91 Å². The minimum absolute atomic E-state index is 0.113. The first-order chi connectivity index (χ1) is 7.09. The van der Waals surface area contributed by atoms with Crippen molar-refractivity contribution in [2.45, 2.75) is 38.4 Å². The first-order valence-electron chi connectivity index (χ1n) is 5.74. The highest BCUT2D eigenvalue weighted by atomic mass is 16.3. The van der Waals surface area contributed by atoms with Gasteiger partial charge >= 0.3 is 0 Å². The van der Waals surface area contributed by atoms with E-state index in [-0.39, 0.29) is 11.8 Å². The van der Waals surface area contributed by atoms with Crippen LogP contribution in [0, 0.1) is 11.8 Å². The fraction of sp³-hybridized carbons (Fsp3) is 0.909. The van der Waals surface area contributed by atoms with Gasteiger partial charge in [0.05, 0.1) is 12.2 Å². The molecule has 0 aromatic heterocycles. The molecule has 4 atom stereocenters. The summed E-state index contributed by atoms with van der Waals surface area (Å²) in [6, 6.07) is 0. The molecule has 0 bridgehead atoms. The minimum Gasteiger partial charge on any atom is -0.388 e. The highest BCUT2D eigenvalue weighted by Gasteiger charge is 2.38. The van der Waals surface area contributed by atoms with Crippen molar-refractivity contribution in [3.05, 3.63) is 0 Å². The van der Waals surface area contributed by atoms with Gasteiger partial charge in [-0.2, -0.15) is 0 Å². The van der Waals surface area contributed by atoms with E-state index in [4.69, 9.17) is 0 Å². The second-order valence-corrected chi connectivity index (χ2v) is 4.89. The third-order valence-electron chi connectivity index (χ3n) is 3.75.